The standard InChI is InChI=1S/C30H29F7INO5S/c1-17(40)26(42)12-10-18(11-13-26)25(41)39-15-14-27(45(43,44)22-6-4-21(38)5-7-22)23-8-3-20(16-19(23)2-9-24(27)39)28(31,29(32,33)34)30(35,36)37/h3-8,16,18,24,40,42H,1-2,9-15H2/t18-,24-,26+,27-/m1/s1. The first-order valence-corrected chi connectivity index (χ1v) is 16.6. The third-order valence-electron chi connectivity index (χ3n) is 9.65. The van der Waals surface area contributed by atoms with E-state index in [1.807, 2.05) is 22.6 Å². The molecule has 1 aliphatic heterocycles. The maximum absolute atomic E-state index is 15.0. The number of hydrogen-bond acceptors (Lipinski definition) is 5. The highest BCUT2D eigenvalue weighted by Crippen LogP contribution is 2.57. The number of aryl methyl sites for hydroxylation is 1. The topological polar surface area (TPSA) is 94.9 Å². The molecule has 1 amide bonds. The lowest BCUT2D eigenvalue weighted by Gasteiger charge is -2.44. The van der Waals surface area contributed by atoms with E-state index in [2.05, 4.69) is 6.58 Å². The Hall–Kier alpha value is -2.40. The summed E-state index contributed by atoms with van der Waals surface area (Å²) in [5, 5.41) is 20.3. The van der Waals surface area contributed by atoms with Crippen molar-refractivity contribution in [2.45, 2.75) is 84.3 Å². The number of sulfone groups is 1. The van der Waals surface area contributed by atoms with Crippen LogP contribution in [0.3, 0.4) is 0 Å². The van der Waals surface area contributed by atoms with Gasteiger partial charge < -0.3 is 15.1 Å². The molecule has 1 saturated heterocycles. The van der Waals surface area contributed by atoms with Crippen molar-refractivity contribution in [1.29, 1.82) is 0 Å². The van der Waals surface area contributed by atoms with Gasteiger partial charge in [0.15, 0.2) is 9.84 Å². The second-order valence-electron chi connectivity index (χ2n) is 12.0. The molecule has 246 valence electrons. The van der Waals surface area contributed by atoms with Crippen LogP contribution in [0, 0.1) is 9.49 Å². The van der Waals surface area contributed by atoms with Crippen molar-refractivity contribution < 1.29 is 54.2 Å². The Bertz CT molecular complexity index is 1600. The fourth-order valence-electron chi connectivity index (χ4n) is 7.18. The molecule has 0 spiro atoms. The summed E-state index contributed by atoms with van der Waals surface area (Å²) in [5.74, 6) is -1.45. The van der Waals surface area contributed by atoms with Gasteiger partial charge in [-0.15, -0.1) is 0 Å². The number of nitrogens with zero attached hydrogens (tertiary/aromatic N) is 1. The van der Waals surface area contributed by atoms with Gasteiger partial charge in [-0.3, -0.25) is 4.79 Å². The van der Waals surface area contributed by atoms with Crippen molar-refractivity contribution in [3.8, 4) is 0 Å². The van der Waals surface area contributed by atoms with Gasteiger partial charge in [0.05, 0.1) is 10.9 Å². The predicted molar refractivity (Wildman–Crippen MR) is 156 cm³/mol. The largest absolute Gasteiger partial charge is 0.510 e. The molecule has 0 bridgehead atoms. The van der Waals surface area contributed by atoms with Crippen molar-refractivity contribution in [2.75, 3.05) is 6.54 Å². The number of amides is 1. The first-order valence-electron chi connectivity index (χ1n) is 14.1. The monoisotopic (exact) mass is 775 g/mol. The number of rotatable bonds is 5. The Kier molecular flexibility index (Phi) is 8.37. The average molecular weight is 776 g/mol. The second-order valence-corrected chi connectivity index (χ2v) is 15.4. The predicted octanol–water partition coefficient (Wildman–Crippen LogP) is 6.79. The lowest BCUT2D eigenvalue weighted by Crippen LogP contribution is -2.54. The molecule has 0 radical (unpaired) electrons. The summed E-state index contributed by atoms with van der Waals surface area (Å²) in [7, 11) is -4.44. The van der Waals surface area contributed by atoms with Crippen molar-refractivity contribution in [3.05, 3.63) is 75.1 Å². The van der Waals surface area contributed by atoms with Gasteiger partial charge in [-0.25, -0.2) is 12.8 Å². The van der Waals surface area contributed by atoms with Gasteiger partial charge in [-0.2, -0.15) is 26.3 Å². The summed E-state index contributed by atoms with van der Waals surface area (Å²) >= 11 is 1.97. The van der Waals surface area contributed by atoms with E-state index in [1.54, 1.807) is 0 Å². The molecule has 2 aromatic rings. The van der Waals surface area contributed by atoms with Crippen molar-refractivity contribution in [2.24, 2.45) is 5.92 Å². The Balaban J connectivity index is 1.62. The highest BCUT2D eigenvalue weighted by atomic mass is 127. The highest BCUT2D eigenvalue weighted by molar-refractivity contribution is 14.1. The number of hydrogen-bond donors (Lipinski definition) is 2. The molecule has 15 heteroatoms. The zero-order chi connectivity index (χ0) is 33.4. The van der Waals surface area contributed by atoms with Crippen LogP contribution in [-0.2, 0) is 31.5 Å². The molecule has 5 rings (SSSR count). The van der Waals surface area contributed by atoms with Crippen LogP contribution in [-0.4, -0.2) is 60.0 Å². The molecule has 6 nitrogen and oxygen atoms in total. The number of benzene rings is 2. The van der Waals surface area contributed by atoms with E-state index in [9.17, 15) is 49.8 Å². The Morgan fingerprint density at radius 1 is 0.933 bits per heavy atom. The SMILES string of the molecule is C=C(O)[C@]1(O)CC[C@@H](C(=O)N2CC[C@@]3(S(=O)(=O)c4ccc(I)cc4)c4ccc(C(F)(C(F)(F)F)C(F)(F)F)cc4CC[C@@H]23)CC1. The van der Waals surface area contributed by atoms with Gasteiger partial charge in [0.25, 0.3) is 0 Å². The van der Waals surface area contributed by atoms with Gasteiger partial charge >= 0.3 is 18.0 Å². The summed E-state index contributed by atoms with van der Waals surface area (Å²) in [6.07, 6.45) is -12.8. The smallest absolute Gasteiger partial charge is 0.435 e. The number of aliphatic hydroxyl groups is 2. The van der Waals surface area contributed by atoms with Crippen LogP contribution in [0.2, 0.25) is 0 Å². The summed E-state index contributed by atoms with van der Waals surface area (Å²) in [5.41, 5.74) is -9.19. The maximum Gasteiger partial charge on any atom is 0.435 e. The van der Waals surface area contributed by atoms with E-state index in [1.165, 1.54) is 29.2 Å². The minimum atomic E-state index is -6.34. The molecule has 3 aliphatic rings. The quantitative estimate of drug-likeness (QED) is 0.198. The minimum Gasteiger partial charge on any atom is -0.510 e. The van der Waals surface area contributed by atoms with E-state index in [4.69, 9.17) is 0 Å². The fourth-order valence-corrected chi connectivity index (χ4v) is 9.91. The molecule has 2 fully saturated rings. The van der Waals surface area contributed by atoms with Crippen LogP contribution >= 0.6 is 22.6 Å². The maximum atomic E-state index is 15.0. The number of likely N-dealkylation sites (tertiary alicyclic amines) is 1. The van der Waals surface area contributed by atoms with Crippen LogP contribution in [0.1, 0.15) is 55.2 Å². The normalized spacial score (nSPS) is 27.5. The zero-order valence-electron chi connectivity index (χ0n) is 23.6. The zero-order valence-corrected chi connectivity index (χ0v) is 26.5. The first kappa shape index (κ1) is 33.9. The molecule has 0 aromatic heterocycles. The summed E-state index contributed by atoms with van der Waals surface area (Å²) < 4.78 is 124. The van der Waals surface area contributed by atoms with Gasteiger partial charge in [0.1, 0.15) is 16.1 Å². The average Bonchev–Trinajstić information content (AvgIpc) is 3.37. The molecule has 1 saturated carbocycles. The Morgan fingerprint density at radius 3 is 2.04 bits per heavy atom. The molecule has 0 unspecified atom stereocenters. The fraction of sp³-hybridized carbons (Fsp3) is 0.500. The number of halogens is 8. The van der Waals surface area contributed by atoms with Crippen LogP contribution in [0.5, 0.6) is 0 Å². The number of carbonyl (C=O) groups is 1. The molecular weight excluding hydrogens is 746 g/mol. The van der Waals surface area contributed by atoms with Gasteiger partial charge in [-0.05, 0) is 103 Å². The Morgan fingerprint density at radius 2 is 1.51 bits per heavy atom. The number of carbonyl (C=O) groups excluding carboxylic acids is 1. The van der Waals surface area contributed by atoms with Gasteiger partial charge in [-0.1, -0.05) is 24.8 Å². The molecule has 2 atom stereocenters. The van der Waals surface area contributed by atoms with Gasteiger partial charge in [0.2, 0.25) is 5.91 Å². The molecule has 1 heterocycles. The van der Waals surface area contributed by atoms with E-state index < -0.39 is 67.4 Å². The minimum absolute atomic E-state index is 0.0400. The molecule has 2 N–H and O–H groups in total. The van der Waals surface area contributed by atoms with E-state index in [0.29, 0.717) is 15.7 Å². The Labute approximate surface area is 268 Å². The van der Waals surface area contributed by atoms with E-state index >= 15 is 4.39 Å². The molecule has 45 heavy (non-hydrogen) atoms. The lowest BCUT2D eigenvalue weighted by molar-refractivity contribution is -0.348. The highest BCUT2D eigenvalue weighted by Gasteiger charge is 2.74. The van der Waals surface area contributed by atoms with Crippen molar-refractivity contribution >= 4 is 38.3 Å². The third kappa shape index (κ3) is 5.15. The summed E-state index contributed by atoms with van der Waals surface area (Å²) in [6, 6.07) is 6.35. The summed E-state index contributed by atoms with van der Waals surface area (Å²) in [4.78, 5) is 15.1. The van der Waals surface area contributed by atoms with Gasteiger partial charge in [0, 0.05) is 21.6 Å². The third-order valence-corrected chi connectivity index (χ3v) is 12.9. The summed E-state index contributed by atoms with van der Waals surface area (Å²) in [6.45, 7) is 3.32. The van der Waals surface area contributed by atoms with Crippen LogP contribution in [0.15, 0.2) is 59.7 Å². The van der Waals surface area contributed by atoms with E-state index in [-0.39, 0.29) is 67.5 Å². The first-order chi connectivity index (χ1) is 20.7. The number of alkyl halides is 7. The van der Waals surface area contributed by atoms with Crippen molar-refractivity contribution in [1.82, 2.24) is 4.90 Å². The molecular formula is C30H29F7INO5S. The molecule has 2 aromatic carbocycles. The van der Waals surface area contributed by atoms with Crippen LogP contribution < -0.4 is 0 Å². The van der Waals surface area contributed by atoms with E-state index in [0.717, 1.165) is 6.07 Å². The van der Waals surface area contributed by atoms with Crippen molar-refractivity contribution in [3.63, 3.8) is 0 Å². The molecule has 2 aliphatic carbocycles. The lowest BCUT2D eigenvalue weighted by atomic mass is 9.75. The number of fused-ring (bicyclic) bond motifs is 3. The van der Waals surface area contributed by atoms with Crippen LogP contribution in [0.25, 0.3) is 0 Å². The van der Waals surface area contributed by atoms with Crippen LogP contribution in [0.4, 0.5) is 30.7 Å². The second kappa shape index (κ2) is 11.1. The number of aliphatic hydroxyl groups excluding tert-OH is 1.